The third kappa shape index (κ3) is 3.24. The van der Waals surface area contributed by atoms with Gasteiger partial charge in [0.15, 0.2) is 0 Å². The molecule has 21 heavy (non-hydrogen) atoms. The number of carbonyl (C=O) groups is 1. The Morgan fingerprint density at radius 1 is 1.24 bits per heavy atom. The molecular formula is C16H15BrFNO2. The van der Waals surface area contributed by atoms with Crippen molar-refractivity contribution in [1.29, 1.82) is 0 Å². The average molecular weight is 352 g/mol. The van der Waals surface area contributed by atoms with Gasteiger partial charge in [-0.3, -0.25) is 4.79 Å². The topological polar surface area (TPSA) is 38.3 Å². The van der Waals surface area contributed by atoms with Gasteiger partial charge in [-0.05, 0) is 59.6 Å². The molecule has 2 aromatic rings. The van der Waals surface area contributed by atoms with Crippen LogP contribution in [0.1, 0.15) is 21.5 Å². The van der Waals surface area contributed by atoms with Gasteiger partial charge < -0.3 is 10.1 Å². The lowest BCUT2D eigenvalue weighted by Crippen LogP contribution is -2.13. The van der Waals surface area contributed by atoms with Gasteiger partial charge in [-0.2, -0.15) is 0 Å². The van der Waals surface area contributed by atoms with Crippen LogP contribution < -0.4 is 10.1 Å². The minimum absolute atomic E-state index is 0.259. The number of nitrogens with one attached hydrogen (secondary N) is 1. The first kappa shape index (κ1) is 15.5. The summed E-state index contributed by atoms with van der Waals surface area (Å²) < 4.78 is 19.1. The Morgan fingerprint density at radius 2 is 1.95 bits per heavy atom. The summed E-state index contributed by atoms with van der Waals surface area (Å²) in [5, 5.41) is 2.77. The summed E-state index contributed by atoms with van der Waals surface area (Å²) in [6.45, 7) is 3.80. The van der Waals surface area contributed by atoms with E-state index in [1.807, 2.05) is 19.9 Å². The zero-order valence-corrected chi connectivity index (χ0v) is 13.5. The molecule has 0 heterocycles. The number of hydrogen-bond acceptors (Lipinski definition) is 2. The van der Waals surface area contributed by atoms with E-state index in [1.54, 1.807) is 19.2 Å². The van der Waals surface area contributed by atoms with Crippen LogP contribution in [0.15, 0.2) is 34.8 Å². The SMILES string of the molecule is COc1c(C)ccc(NC(=O)c2ccc(Br)c(F)c2)c1C. The van der Waals surface area contributed by atoms with Crippen molar-refractivity contribution >= 4 is 27.5 Å². The van der Waals surface area contributed by atoms with Gasteiger partial charge >= 0.3 is 0 Å². The number of amides is 1. The maximum absolute atomic E-state index is 13.5. The van der Waals surface area contributed by atoms with Crippen LogP contribution in [-0.4, -0.2) is 13.0 Å². The molecule has 0 atom stereocenters. The fourth-order valence-electron chi connectivity index (χ4n) is 2.11. The summed E-state index contributed by atoms with van der Waals surface area (Å²) in [5.74, 6) is -0.106. The van der Waals surface area contributed by atoms with Crippen molar-refractivity contribution in [3.05, 3.63) is 57.3 Å². The molecule has 3 nitrogen and oxygen atoms in total. The first-order valence-electron chi connectivity index (χ1n) is 6.34. The van der Waals surface area contributed by atoms with Crippen LogP contribution in [0.4, 0.5) is 10.1 Å². The summed E-state index contributed by atoms with van der Waals surface area (Å²) in [6, 6.07) is 7.93. The lowest BCUT2D eigenvalue weighted by molar-refractivity contribution is 0.102. The van der Waals surface area contributed by atoms with Crippen LogP contribution in [-0.2, 0) is 0 Å². The van der Waals surface area contributed by atoms with E-state index in [4.69, 9.17) is 4.74 Å². The van der Waals surface area contributed by atoms with Crippen molar-refractivity contribution in [1.82, 2.24) is 0 Å². The number of hydrogen-bond donors (Lipinski definition) is 1. The van der Waals surface area contributed by atoms with E-state index in [9.17, 15) is 9.18 Å². The second-order valence-electron chi connectivity index (χ2n) is 4.67. The van der Waals surface area contributed by atoms with E-state index in [2.05, 4.69) is 21.2 Å². The molecule has 0 aliphatic carbocycles. The average Bonchev–Trinajstić information content (AvgIpc) is 2.45. The molecular weight excluding hydrogens is 337 g/mol. The number of aryl methyl sites for hydroxylation is 1. The largest absolute Gasteiger partial charge is 0.496 e. The summed E-state index contributed by atoms with van der Waals surface area (Å²) in [6.07, 6.45) is 0. The van der Waals surface area contributed by atoms with Crippen molar-refractivity contribution in [2.75, 3.05) is 12.4 Å². The third-order valence-corrected chi connectivity index (χ3v) is 3.88. The van der Waals surface area contributed by atoms with Gasteiger partial charge in [-0.15, -0.1) is 0 Å². The van der Waals surface area contributed by atoms with Gasteiger partial charge in [0.2, 0.25) is 0 Å². The molecule has 0 bridgehead atoms. The van der Waals surface area contributed by atoms with Crippen LogP contribution in [0.2, 0.25) is 0 Å². The quantitative estimate of drug-likeness (QED) is 0.885. The van der Waals surface area contributed by atoms with E-state index in [-0.39, 0.29) is 11.5 Å². The molecule has 0 saturated carbocycles. The zero-order chi connectivity index (χ0) is 15.6. The summed E-state index contributed by atoms with van der Waals surface area (Å²) >= 11 is 3.06. The molecule has 2 rings (SSSR count). The maximum atomic E-state index is 13.5. The van der Waals surface area contributed by atoms with Gasteiger partial charge in [0.05, 0.1) is 11.6 Å². The monoisotopic (exact) mass is 351 g/mol. The Labute approximate surface area is 131 Å². The molecule has 0 saturated heterocycles. The van der Waals surface area contributed by atoms with Crippen molar-refractivity contribution in [2.45, 2.75) is 13.8 Å². The maximum Gasteiger partial charge on any atom is 0.255 e. The molecule has 5 heteroatoms. The molecule has 0 radical (unpaired) electrons. The number of carbonyl (C=O) groups excluding carboxylic acids is 1. The van der Waals surface area contributed by atoms with Gasteiger partial charge in [-0.25, -0.2) is 4.39 Å². The number of ether oxygens (including phenoxy) is 1. The van der Waals surface area contributed by atoms with Crippen LogP contribution in [0.5, 0.6) is 5.75 Å². The lowest BCUT2D eigenvalue weighted by atomic mass is 10.1. The highest BCUT2D eigenvalue weighted by molar-refractivity contribution is 9.10. The van der Waals surface area contributed by atoms with Gasteiger partial charge in [-0.1, -0.05) is 6.07 Å². The summed E-state index contributed by atoms with van der Waals surface area (Å²) in [7, 11) is 1.59. The molecule has 0 fully saturated rings. The molecule has 0 aromatic heterocycles. The molecule has 0 aliphatic heterocycles. The standard InChI is InChI=1S/C16H15BrFNO2/c1-9-4-7-14(10(2)15(9)21-3)19-16(20)11-5-6-12(17)13(18)8-11/h4-8H,1-3H3,(H,19,20). The highest BCUT2D eigenvalue weighted by Gasteiger charge is 2.13. The number of benzene rings is 2. The van der Waals surface area contributed by atoms with Crippen molar-refractivity contribution < 1.29 is 13.9 Å². The molecule has 2 aromatic carbocycles. The first-order chi connectivity index (χ1) is 9.93. The van der Waals surface area contributed by atoms with Gasteiger partial charge in [0.25, 0.3) is 5.91 Å². The molecule has 0 unspecified atom stereocenters. The normalized spacial score (nSPS) is 10.3. The summed E-state index contributed by atoms with van der Waals surface area (Å²) in [5.41, 5.74) is 2.73. The molecule has 0 spiro atoms. The molecule has 110 valence electrons. The Kier molecular flexibility index (Phi) is 4.63. The van der Waals surface area contributed by atoms with Crippen LogP contribution in [0, 0.1) is 19.7 Å². The van der Waals surface area contributed by atoms with Crippen molar-refractivity contribution in [3.63, 3.8) is 0 Å². The highest BCUT2D eigenvalue weighted by atomic mass is 79.9. The van der Waals surface area contributed by atoms with Gasteiger partial charge in [0, 0.05) is 16.8 Å². The number of rotatable bonds is 3. The number of methoxy groups -OCH3 is 1. The van der Waals surface area contributed by atoms with Gasteiger partial charge in [0.1, 0.15) is 11.6 Å². The smallest absolute Gasteiger partial charge is 0.255 e. The minimum Gasteiger partial charge on any atom is -0.496 e. The van der Waals surface area contributed by atoms with Crippen LogP contribution in [0.3, 0.4) is 0 Å². The predicted molar refractivity (Wildman–Crippen MR) is 84.5 cm³/mol. The Bertz CT molecular complexity index is 701. The number of halogens is 2. The molecule has 1 N–H and O–H groups in total. The fourth-order valence-corrected chi connectivity index (χ4v) is 2.36. The van der Waals surface area contributed by atoms with Crippen molar-refractivity contribution in [2.24, 2.45) is 0 Å². The Balaban J connectivity index is 2.29. The van der Waals surface area contributed by atoms with E-state index >= 15 is 0 Å². The predicted octanol–water partition coefficient (Wildman–Crippen LogP) is 4.47. The Morgan fingerprint density at radius 3 is 2.57 bits per heavy atom. The third-order valence-electron chi connectivity index (χ3n) is 3.24. The van der Waals surface area contributed by atoms with Crippen LogP contribution in [0.25, 0.3) is 0 Å². The minimum atomic E-state index is -0.471. The highest BCUT2D eigenvalue weighted by Crippen LogP contribution is 2.29. The molecule has 1 amide bonds. The number of anilines is 1. The first-order valence-corrected chi connectivity index (χ1v) is 7.14. The van der Waals surface area contributed by atoms with E-state index in [0.717, 1.165) is 16.9 Å². The van der Waals surface area contributed by atoms with Crippen molar-refractivity contribution in [3.8, 4) is 5.75 Å². The van der Waals surface area contributed by atoms with Crippen LogP contribution >= 0.6 is 15.9 Å². The second kappa shape index (κ2) is 6.26. The Hall–Kier alpha value is -1.88. The molecule has 0 aliphatic rings. The van der Waals surface area contributed by atoms with E-state index in [1.165, 1.54) is 12.1 Å². The summed E-state index contributed by atoms with van der Waals surface area (Å²) in [4.78, 5) is 12.2. The zero-order valence-electron chi connectivity index (χ0n) is 12.0. The van der Waals surface area contributed by atoms with E-state index < -0.39 is 5.82 Å². The second-order valence-corrected chi connectivity index (χ2v) is 5.53. The lowest BCUT2D eigenvalue weighted by Gasteiger charge is -2.14. The fraction of sp³-hybridized carbons (Fsp3) is 0.188. The van der Waals surface area contributed by atoms with E-state index in [0.29, 0.717) is 10.2 Å².